The van der Waals surface area contributed by atoms with Gasteiger partial charge in [0.25, 0.3) is 0 Å². The molecule has 2 aromatic rings. The predicted molar refractivity (Wildman–Crippen MR) is 85.9 cm³/mol. The van der Waals surface area contributed by atoms with Crippen LogP contribution in [0.5, 0.6) is 5.75 Å². The maximum absolute atomic E-state index is 9.44. The number of hydrogen-bond acceptors (Lipinski definition) is 4. The maximum Gasteiger partial charge on any atom is 0.134 e. The van der Waals surface area contributed by atoms with E-state index < -0.39 is 0 Å². The van der Waals surface area contributed by atoms with Crippen molar-refractivity contribution in [3.63, 3.8) is 0 Å². The van der Waals surface area contributed by atoms with Gasteiger partial charge in [-0.2, -0.15) is 0 Å². The van der Waals surface area contributed by atoms with Crippen LogP contribution in [0.3, 0.4) is 0 Å². The minimum Gasteiger partial charge on any atom is -0.497 e. The number of hydrogen-bond donors (Lipinski definition) is 1. The average molecular weight is 309 g/mol. The van der Waals surface area contributed by atoms with E-state index in [0.29, 0.717) is 11.7 Å². The highest BCUT2D eigenvalue weighted by molar-refractivity contribution is 6.30. The van der Waals surface area contributed by atoms with Crippen LogP contribution in [0.15, 0.2) is 24.3 Å². The Labute approximate surface area is 130 Å². The van der Waals surface area contributed by atoms with Crippen LogP contribution in [0.2, 0.25) is 5.15 Å². The fourth-order valence-electron chi connectivity index (χ4n) is 2.00. The van der Waals surface area contributed by atoms with Crippen LogP contribution in [0, 0.1) is 0 Å². The third-order valence-electron chi connectivity index (χ3n) is 3.88. The van der Waals surface area contributed by atoms with Crippen LogP contribution in [-0.4, -0.2) is 41.3 Å². The van der Waals surface area contributed by atoms with Crippen LogP contribution in [0.4, 0.5) is 0 Å². The van der Waals surface area contributed by atoms with Gasteiger partial charge in [-0.3, -0.25) is 4.90 Å². The number of ether oxygens (including phenoxy) is 1. The number of benzene rings is 1. The second-order valence-corrected chi connectivity index (χ2v) is 6.18. The molecule has 0 aliphatic heterocycles. The summed E-state index contributed by atoms with van der Waals surface area (Å²) in [6.07, 6.45) is 0. The summed E-state index contributed by atoms with van der Waals surface area (Å²) in [5, 5.41) is 10.9. The first kappa shape index (κ1) is 16.0. The van der Waals surface area contributed by atoms with Gasteiger partial charge in [-0.05, 0) is 39.1 Å². The van der Waals surface area contributed by atoms with Crippen molar-refractivity contribution < 1.29 is 9.84 Å². The molecule has 1 heterocycles. The Kier molecular flexibility index (Phi) is 4.71. The standard InChI is InChI=1S/C16H21ClN2O2/c1-16(2,10-20)19(3)9-12-7-11-5-6-13(21-4)8-14(11)18-15(12)17/h5-8,20H,9-10H2,1-4H3. The normalized spacial score (nSPS) is 12.1. The van der Waals surface area contributed by atoms with Gasteiger partial charge in [0.05, 0.1) is 19.2 Å². The summed E-state index contributed by atoms with van der Waals surface area (Å²) in [6.45, 7) is 4.68. The Bertz CT molecular complexity index is 643. The van der Waals surface area contributed by atoms with Crippen molar-refractivity contribution in [2.24, 2.45) is 0 Å². The molecule has 0 radical (unpaired) electrons. The molecule has 0 saturated carbocycles. The number of nitrogens with zero attached hydrogens (tertiary/aromatic N) is 2. The second kappa shape index (κ2) is 6.18. The van der Waals surface area contributed by atoms with Crippen LogP contribution in [-0.2, 0) is 6.54 Å². The molecule has 21 heavy (non-hydrogen) atoms. The Morgan fingerprint density at radius 2 is 2.05 bits per heavy atom. The van der Waals surface area contributed by atoms with Gasteiger partial charge in [0.1, 0.15) is 10.9 Å². The SMILES string of the molecule is COc1ccc2cc(CN(C)C(C)(C)CO)c(Cl)nc2c1. The van der Waals surface area contributed by atoms with Gasteiger partial charge < -0.3 is 9.84 Å². The van der Waals surface area contributed by atoms with Crippen LogP contribution in [0.1, 0.15) is 19.4 Å². The number of halogens is 1. The first-order valence-corrected chi connectivity index (χ1v) is 7.20. The van der Waals surface area contributed by atoms with E-state index in [4.69, 9.17) is 16.3 Å². The monoisotopic (exact) mass is 308 g/mol. The first-order chi connectivity index (χ1) is 9.87. The molecule has 0 saturated heterocycles. The molecular weight excluding hydrogens is 288 g/mol. The van der Waals surface area contributed by atoms with Gasteiger partial charge in [-0.15, -0.1) is 0 Å². The third-order valence-corrected chi connectivity index (χ3v) is 4.21. The Balaban J connectivity index is 2.35. The van der Waals surface area contributed by atoms with E-state index in [1.807, 2.05) is 45.2 Å². The molecule has 1 aromatic heterocycles. The minimum atomic E-state index is -0.307. The molecule has 0 unspecified atom stereocenters. The molecule has 1 aromatic carbocycles. The van der Waals surface area contributed by atoms with E-state index in [-0.39, 0.29) is 12.1 Å². The van der Waals surface area contributed by atoms with Crippen molar-refractivity contribution in [1.29, 1.82) is 0 Å². The Morgan fingerprint density at radius 3 is 2.67 bits per heavy atom. The summed E-state index contributed by atoms with van der Waals surface area (Å²) >= 11 is 6.30. The predicted octanol–water partition coefficient (Wildman–Crippen LogP) is 3.10. The zero-order chi connectivity index (χ0) is 15.6. The molecule has 5 heteroatoms. The van der Waals surface area contributed by atoms with Crippen LogP contribution >= 0.6 is 11.6 Å². The van der Waals surface area contributed by atoms with Gasteiger partial charge >= 0.3 is 0 Å². The number of aromatic nitrogens is 1. The highest BCUT2D eigenvalue weighted by Gasteiger charge is 2.23. The number of likely N-dealkylation sites (N-methyl/N-ethyl adjacent to an activating group) is 1. The van der Waals surface area contributed by atoms with Crippen molar-refractivity contribution >= 4 is 22.5 Å². The van der Waals surface area contributed by atoms with Gasteiger partial charge in [0, 0.05) is 29.1 Å². The van der Waals surface area contributed by atoms with Crippen molar-refractivity contribution in [2.75, 3.05) is 20.8 Å². The summed E-state index contributed by atoms with van der Waals surface area (Å²) in [6, 6.07) is 7.78. The fraction of sp³-hybridized carbons (Fsp3) is 0.438. The van der Waals surface area contributed by atoms with E-state index in [0.717, 1.165) is 22.2 Å². The van der Waals surface area contributed by atoms with E-state index in [1.54, 1.807) is 7.11 Å². The van der Waals surface area contributed by atoms with Crippen LogP contribution in [0.25, 0.3) is 10.9 Å². The molecule has 0 spiro atoms. The summed E-state index contributed by atoms with van der Waals surface area (Å²) < 4.78 is 5.20. The number of pyridine rings is 1. The van der Waals surface area contributed by atoms with E-state index in [9.17, 15) is 5.11 Å². The largest absolute Gasteiger partial charge is 0.497 e. The topological polar surface area (TPSA) is 45.6 Å². The lowest BCUT2D eigenvalue weighted by Crippen LogP contribution is -2.43. The molecule has 1 N–H and O–H groups in total. The highest BCUT2D eigenvalue weighted by atomic mass is 35.5. The average Bonchev–Trinajstić information content (AvgIpc) is 2.47. The lowest BCUT2D eigenvalue weighted by Gasteiger charge is -2.34. The molecule has 0 atom stereocenters. The Morgan fingerprint density at radius 1 is 1.33 bits per heavy atom. The van der Waals surface area contributed by atoms with Gasteiger partial charge in [-0.1, -0.05) is 11.6 Å². The van der Waals surface area contributed by atoms with Gasteiger partial charge in [0.2, 0.25) is 0 Å². The van der Waals surface area contributed by atoms with E-state index in [1.165, 1.54) is 0 Å². The molecule has 4 nitrogen and oxygen atoms in total. The second-order valence-electron chi connectivity index (χ2n) is 5.82. The molecule has 2 rings (SSSR count). The molecule has 0 fully saturated rings. The summed E-state index contributed by atoms with van der Waals surface area (Å²) in [4.78, 5) is 6.50. The minimum absolute atomic E-state index is 0.0827. The molecule has 0 bridgehead atoms. The van der Waals surface area contributed by atoms with Crippen molar-refractivity contribution in [3.05, 3.63) is 35.0 Å². The third kappa shape index (κ3) is 3.46. The summed E-state index contributed by atoms with van der Waals surface area (Å²) in [5.74, 6) is 0.761. The van der Waals surface area contributed by atoms with Crippen molar-refractivity contribution in [1.82, 2.24) is 9.88 Å². The lowest BCUT2D eigenvalue weighted by molar-refractivity contribution is 0.0734. The number of aliphatic hydroxyl groups excluding tert-OH is 1. The number of aliphatic hydroxyl groups is 1. The van der Waals surface area contributed by atoms with Crippen molar-refractivity contribution in [2.45, 2.75) is 25.9 Å². The first-order valence-electron chi connectivity index (χ1n) is 6.82. The van der Waals surface area contributed by atoms with Crippen molar-refractivity contribution in [3.8, 4) is 5.75 Å². The fourth-order valence-corrected chi connectivity index (χ4v) is 2.20. The highest BCUT2D eigenvalue weighted by Crippen LogP contribution is 2.26. The zero-order valence-corrected chi connectivity index (χ0v) is 13.6. The summed E-state index contributed by atoms with van der Waals surface area (Å²) in [7, 11) is 3.59. The molecule has 114 valence electrons. The van der Waals surface area contributed by atoms with Gasteiger partial charge in [-0.25, -0.2) is 4.98 Å². The van der Waals surface area contributed by atoms with Crippen LogP contribution < -0.4 is 4.74 Å². The molecular formula is C16H21ClN2O2. The molecule has 0 aliphatic carbocycles. The maximum atomic E-state index is 9.44. The summed E-state index contributed by atoms with van der Waals surface area (Å²) in [5.41, 5.74) is 1.45. The molecule has 0 amide bonds. The van der Waals surface area contributed by atoms with E-state index in [2.05, 4.69) is 9.88 Å². The number of methoxy groups -OCH3 is 1. The number of rotatable bonds is 5. The Hall–Kier alpha value is -1.36. The molecule has 0 aliphatic rings. The quantitative estimate of drug-likeness (QED) is 0.862. The lowest BCUT2D eigenvalue weighted by atomic mass is 10.0. The van der Waals surface area contributed by atoms with Gasteiger partial charge in [0.15, 0.2) is 0 Å². The zero-order valence-electron chi connectivity index (χ0n) is 12.9. The number of fused-ring (bicyclic) bond motifs is 1. The van der Waals surface area contributed by atoms with E-state index >= 15 is 0 Å². The smallest absolute Gasteiger partial charge is 0.134 e.